The van der Waals surface area contributed by atoms with E-state index in [4.69, 9.17) is 0 Å². The molecule has 0 saturated carbocycles. The maximum atomic E-state index is 10.9. The first-order valence-electron chi connectivity index (χ1n) is 15.7. The Morgan fingerprint density at radius 1 is 0.409 bits per heavy atom. The fraction of sp³-hybridized carbons (Fsp3) is 0.286. The highest BCUT2D eigenvalue weighted by Gasteiger charge is 2.42. The Balaban J connectivity index is 1.35. The van der Waals surface area contributed by atoms with E-state index in [2.05, 4.69) is 100 Å². The summed E-state index contributed by atoms with van der Waals surface area (Å²) in [6.45, 7) is 16.8. The summed E-state index contributed by atoms with van der Waals surface area (Å²) in [6, 6.07) is 35.0. The van der Waals surface area contributed by atoms with Crippen LogP contribution in [0.4, 0.5) is 0 Å². The molecule has 5 aromatic rings. The molecule has 0 saturated heterocycles. The topological polar surface area (TPSA) is 40.5 Å². The molecule has 0 fully saturated rings. The lowest BCUT2D eigenvalue weighted by Crippen LogP contribution is -2.18. The van der Waals surface area contributed by atoms with Crippen LogP contribution in [0.15, 0.2) is 97.1 Å². The molecular weight excluding hydrogens is 536 g/mol. The Hall–Kier alpha value is -3.98. The fourth-order valence-electron chi connectivity index (χ4n) is 7.83. The maximum absolute atomic E-state index is 10.9. The Morgan fingerprint density at radius 2 is 0.750 bits per heavy atom. The van der Waals surface area contributed by atoms with Crippen molar-refractivity contribution in [2.75, 3.05) is 0 Å². The van der Waals surface area contributed by atoms with Crippen LogP contribution in [0.5, 0.6) is 0 Å². The third kappa shape index (κ3) is 4.15. The zero-order valence-corrected chi connectivity index (χ0v) is 27.1. The van der Waals surface area contributed by atoms with Crippen LogP contribution >= 0.6 is 0 Å². The smallest absolute Gasteiger partial charge is 0.0846 e. The summed E-state index contributed by atoms with van der Waals surface area (Å²) in [7, 11) is 0. The van der Waals surface area contributed by atoms with Crippen LogP contribution in [0, 0.1) is 0 Å². The monoisotopic (exact) mass is 578 g/mol. The summed E-state index contributed by atoms with van der Waals surface area (Å²) in [4.78, 5) is 0. The van der Waals surface area contributed by atoms with Gasteiger partial charge >= 0.3 is 0 Å². The molecule has 0 aromatic heterocycles. The van der Waals surface area contributed by atoms with Gasteiger partial charge in [-0.2, -0.15) is 0 Å². The fourth-order valence-corrected chi connectivity index (χ4v) is 7.83. The van der Waals surface area contributed by atoms with E-state index in [0.717, 1.165) is 33.4 Å². The summed E-state index contributed by atoms with van der Waals surface area (Å²) in [5.41, 5.74) is 14.7. The van der Waals surface area contributed by atoms with Gasteiger partial charge < -0.3 is 10.2 Å². The van der Waals surface area contributed by atoms with Crippen LogP contribution in [0.25, 0.3) is 44.5 Å². The van der Waals surface area contributed by atoms with Crippen molar-refractivity contribution in [3.05, 3.63) is 130 Å². The zero-order valence-electron chi connectivity index (χ0n) is 27.1. The molecule has 0 radical (unpaired) electrons. The highest BCUT2D eigenvalue weighted by atomic mass is 16.3. The second kappa shape index (κ2) is 9.27. The minimum absolute atomic E-state index is 0.169. The highest BCUT2D eigenvalue weighted by Crippen LogP contribution is 2.57. The summed E-state index contributed by atoms with van der Waals surface area (Å²) >= 11 is 0. The SMILES string of the molecule is CC(C)(O)c1ccccc1-c1ccc2c(c1)C(C)(C)c1cc3c(cc1-2)C(C)(C)c1cc(-c2ccccc2C(C)(C)O)ccc1-3. The molecule has 2 nitrogen and oxygen atoms in total. The van der Waals surface area contributed by atoms with Crippen LogP contribution in [0.3, 0.4) is 0 Å². The van der Waals surface area contributed by atoms with E-state index in [1.165, 1.54) is 44.5 Å². The molecular formula is C42H42O2. The van der Waals surface area contributed by atoms with E-state index < -0.39 is 11.2 Å². The minimum atomic E-state index is -0.926. The van der Waals surface area contributed by atoms with Gasteiger partial charge in [-0.15, -0.1) is 0 Å². The molecule has 0 atom stereocenters. The van der Waals surface area contributed by atoms with Gasteiger partial charge in [0.05, 0.1) is 11.2 Å². The quantitative estimate of drug-likeness (QED) is 0.223. The van der Waals surface area contributed by atoms with Gasteiger partial charge in [0.1, 0.15) is 0 Å². The van der Waals surface area contributed by atoms with Crippen LogP contribution in [-0.4, -0.2) is 10.2 Å². The molecule has 2 N–H and O–H groups in total. The average molecular weight is 579 g/mol. The number of hydrogen-bond donors (Lipinski definition) is 2. The van der Waals surface area contributed by atoms with Crippen LogP contribution in [-0.2, 0) is 22.0 Å². The van der Waals surface area contributed by atoms with Crippen molar-refractivity contribution in [1.29, 1.82) is 0 Å². The summed E-state index contributed by atoms with van der Waals surface area (Å²) in [5, 5.41) is 21.8. The summed E-state index contributed by atoms with van der Waals surface area (Å²) < 4.78 is 0. The van der Waals surface area contributed by atoms with E-state index in [1.54, 1.807) is 0 Å². The Labute approximate surface area is 262 Å². The molecule has 44 heavy (non-hydrogen) atoms. The maximum Gasteiger partial charge on any atom is 0.0846 e. The van der Waals surface area contributed by atoms with E-state index in [1.807, 2.05) is 52.0 Å². The molecule has 0 bridgehead atoms. The van der Waals surface area contributed by atoms with Crippen LogP contribution in [0.2, 0.25) is 0 Å². The third-order valence-corrected chi connectivity index (χ3v) is 10.3. The lowest BCUT2D eigenvalue weighted by atomic mass is 9.78. The molecule has 5 aromatic carbocycles. The van der Waals surface area contributed by atoms with Gasteiger partial charge in [-0.05, 0) is 130 Å². The van der Waals surface area contributed by atoms with Crippen molar-refractivity contribution in [3.63, 3.8) is 0 Å². The molecule has 222 valence electrons. The van der Waals surface area contributed by atoms with Gasteiger partial charge in [0.15, 0.2) is 0 Å². The van der Waals surface area contributed by atoms with Crippen molar-refractivity contribution >= 4 is 0 Å². The van der Waals surface area contributed by atoms with E-state index in [9.17, 15) is 10.2 Å². The normalized spacial score (nSPS) is 15.9. The third-order valence-electron chi connectivity index (χ3n) is 10.3. The zero-order chi connectivity index (χ0) is 31.4. The van der Waals surface area contributed by atoms with Gasteiger partial charge in [-0.1, -0.05) is 100 Å². The molecule has 0 aliphatic heterocycles. The van der Waals surface area contributed by atoms with Gasteiger partial charge in [0.2, 0.25) is 0 Å². The lowest BCUT2D eigenvalue weighted by Gasteiger charge is -2.25. The molecule has 0 amide bonds. The van der Waals surface area contributed by atoms with Crippen molar-refractivity contribution < 1.29 is 10.2 Å². The van der Waals surface area contributed by atoms with Gasteiger partial charge in [0, 0.05) is 10.8 Å². The molecule has 0 spiro atoms. The van der Waals surface area contributed by atoms with Crippen molar-refractivity contribution in [1.82, 2.24) is 0 Å². The highest BCUT2D eigenvalue weighted by molar-refractivity contribution is 5.91. The molecule has 2 heteroatoms. The van der Waals surface area contributed by atoms with Crippen molar-refractivity contribution in [2.45, 2.75) is 77.4 Å². The van der Waals surface area contributed by atoms with E-state index in [0.29, 0.717) is 0 Å². The minimum Gasteiger partial charge on any atom is -0.386 e. The predicted octanol–water partition coefficient (Wildman–Crippen LogP) is 10.1. The lowest BCUT2D eigenvalue weighted by molar-refractivity contribution is 0.0786. The molecule has 2 aliphatic rings. The first-order chi connectivity index (χ1) is 20.6. The van der Waals surface area contributed by atoms with Crippen LogP contribution < -0.4 is 0 Å². The standard InChI is InChI=1S/C42H42O2/c1-39(2)35-21-25(27-13-9-11-15-33(27)41(5,6)43)17-19-29(35)31-24-38-32(23-37(31)39)30-20-18-26(22-36(30)40(38,3)4)28-14-10-12-16-34(28)42(7,8)44/h9-24,43-44H,1-8H3. The number of fused-ring (bicyclic) bond motifs is 6. The number of aliphatic hydroxyl groups is 2. The van der Waals surface area contributed by atoms with Crippen molar-refractivity contribution in [2.24, 2.45) is 0 Å². The second-order valence-corrected chi connectivity index (χ2v) is 14.9. The summed E-state index contributed by atoms with van der Waals surface area (Å²) in [6.07, 6.45) is 0. The largest absolute Gasteiger partial charge is 0.386 e. The predicted molar refractivity (Wildman–Crippen MR) is 183 cm³/mol. The molecule has 0 unspecified atom stereocenters. The van der Waals surface area contributed by atoms with Crippen LogP contribution in [0.1, 0.15) is 88.8 Å². The summed E-state index contributed by atoms with van der Waals surface area (Å²) in [5.74, 6) is 0. The van der Waals surface area contributed by atoms with Gasteiger partial charge in [0.25, 0.3) is 0 Å². The average Bonchev–Trinajstić information content (AvgIpc) is 3.34. The molecule has 7 rings (SSSR count). The molecule has 2 aliphatic carbocycles. The van der Waals surface area contributed by atoms with Gasteiger partial charge in [-0.3, -0.25) is 0 Å². The molecule has 0 heterocycles. The Morgan fingerprint density at radius 3 is 1.11 bits per heavy atom. The number of rotatable bonds is 4. The second-order valence-electron chi connectivity index (χ2n) is 14.9. The Bertz CT molecular complexity index is 1830. The Kier molecular flexibility index (Phi) is 6.06. The first kappa shape index (κ1) is 28.8. The van der Waals surface area contributed by atoms with Crippen molar-refractivity contribution in [3.8, 4) is 44.5 Å². The van der Waals surface area contributed by atoms with E-state index >= 15 is 0 Å². The van der Waals surface area contributed by atoms with Gasteiger partial charge in [-0.25, -0.2) is 0 Å². The first-order valence-corrected chi connectivity index (χ1v) is 15.7. The van der Waals surface area contributed by atoms with E-state index in [-0.39, 0.29) is 10.8 Å². The number of benzene rings is 5. The number of hydrogen-bond acceptors (Lipinski definition) is 2.